The molecule has 1 saturated heterocycles. The summed E-state index contributed by atoms with van der Waals surface area (Å²) in [6.07, 6.45) is -4.07. The van der Waals surface area contributed by atoms with Gasteiger partial charge in [0.2, 0.25) is 5.91 Å². The number of hydrogen-bond acceptors (Lipinski definition) is 5. The molecule has 34 heavy (non-hydrogen) atoms. The van der Waals surface area contributed by atoms with Crippen molar-refractivity contribution in [1.29, 1.82) is 0 Å². The number of carbonyl (C=O) groups is 2. The lowest BCUT2D eigenvalue weighted by Crippen LogP contribution is -2.38. The van der Waals surface area contributed by atoms with Gasteiger partial charge < -0.3 is 15.0 Å². The number of halogens is 5. The fourth-order valence-corrected chi connectivity index (χ4v) is 4.68. The van der Waals surface area contributed by atoms with Gasteiger partial charge in [0.25, 0.3) is 0 Å². The predicted octanol–water partition coefficient (Wildman–Crippen LogP) is 3.17. The number of ether oxygens (including phenoxy) is 1. The minimum atomic E-state index is -4.67. The van der Waals surface area contributed by atoms with Crippen molar-refractivity contribution in [3.63, 3.8) is 0 Å². The molecule has 1 fully saturated rings. The monoisotopic (exact) mass is 502 g/mol. The minimum Gasteiger partial charge on any atom is -0.468 e. The molecule has 1 aromatic carbocycles. The second-order valence-corrected chi connectivity index (χ2v) is 8.96. The molecule has 12 heteroatoms. The van der Waals surface area contributed by atoms with Gasteiger partial charge in [0.05, 0.1) is 25.9 Å². The zero-order chi connectivity index (χ0) is 24.6. The van der Waals surface area contributed by atoms with Crippen LogP contribution in [0.15, 0.2) is 18.2 Å². The van der Waals surface area contributed by atoms with Gasteiger partial charge in [-0.25, -0.2) is 4.39 Å². The van der Waals surface area contributed by atoms with Crippen molar-refractivity contribution in [3.8, 4) is 0 Å². The Balaban J connectivity index is 1.53. The van der Waals surface area contributed by atoms with E-state index >= 15 is 0 Å². The normalized spacial score (nSPS) is 20.4. The number of hydrogen-bond donors (Lipinski definition) is 1. The van der Waals surface area contributed by atoms with Gasteiger partial charge in [-0.15, -0.1) is 0 Å². The van der Waals surface area contributed by atoms with Gasteiger partial charge in [0.1, 0.15) is 11.9 Å². The number of methoxy groups -OCH3 is 1. The van der Waals surface area contributed by atoms with Crippen LogP contribution in [0.1, 0.15) is 35.4 Å². The molecule has 0 radical (unpaired) electrons. The number of fused-ring (bicyclic) bond motifs is 1. The van der Waals surface area contributed by atoms with Crippen LogP contribution < -0.4 is 5.32 Å². The number of alkyl halides is 3. The highest BCUT2D eigenvalue weighted by molar-refractivity contribution is 6.30. The Labute approximate surface area is 198 Å². The fraction of sp³-hybridized carbons (Fsp3) is 0.500. The van der Waals surface area contributed by atoms with Crippen LogP contribution in [0.3, 0.4) is 0 Å². The van der Waals surface area contributed by atoms with E-state index < -0.39 is 29.7 Å². The topological polar surface area (TPSA) is 76.5 Å². The van der Waals surface area contributed by atoms with Gasteiger partial charge >= 0.3 is 12.1 Å². The molecular weight excluding hydrogens is 480 g/mol. The van der Waals surface area contributed by atoms with E-state index in [2.05, 4.69) is 10.4 Å². The van der Waals surface area contributed by atoms with Crippen LogP contribution in [0.4, 0.5) is 17.6 Å². The van der Waals surface area contributed by atoms with E-state index in [0.29, 0.717) is 13.0 Å². The first-order chi connectivity index (χ1) is 16.1. The molecule has 0 bridgehead atoms. The standard InChI is InChI=1S/C22H23ClF4N4O3/c1-34-21(33)17-6-12(9-28-17)7-19(32)30-5-4-15-18(11-30)31(29-20(15)22(25,26)27)10-13-2-3-14(23)8-16(13)24/h2-3,8,12,17,28H,4-7,9-11H2,1H3/t12?,17-/m0/s1. The lowest BCUT2D eigenvalue weighted by molar-refractivity contribution is -0.143. The highest BCUT2D eigenvalue weighted by Gasteiger charge is 2.41. The Hall–Kier alpha value is -2.66. The molecule has 7 nitrogen and oxygen atoms in total. The summed E-state index contributed by atoms with van der Waals surface area (Å²) in [6, 6.07) is 3.47. The van der Waals surface area contributed by atoms with Crippen molar-refractivity contribution < 1.29 is 31.9 Å². The Morgan fingerprint density at radius 1 is 1.32 bits per heavy atom. The molecule has 2 aliphatic rings. The Morgan fingerprint density at radius 3 is 2.76 bits per heavy atom. The highest BCUT2D eigenvalue weighted by atomic mass is 35.5. The number of rotatable bonds is 5. The third-order valence-electron chi connectivity index (χ3n) is 6.27. The van der Waals surface area contributed by atoms with Crippen LogP contribution in [0.5, 0.6) is 0 Å². The van der Waals surface area contributed by atoms with E-state index in [4.69, 9.17) is 16.3 Å². The summed E-state index contributed by atoms with van der Waals surface area (Å²) in [7, 11) is 1.29. The molecule has 0 spiro atoms. The van der Waals surface area contributed by atoms with Crippen molar-refractivity contribution in [2.45, 2.75) is 44.6 Å². The third-order valence-corrected chi connectivity index (χ3v) is 6.50. The van der Waals surface area contributed by atoms with E-state index in [9.17, 15) is 27.2 Å². The molecular formula is C22H23ClF4N4O3. The maximum Gasteiger partial charge on any atom is 0.435 e. The van der Waals surface area contributed by atoms with E-state index in [1.54, 1.807) is 0 Å². The van der Waals surface area contributed by atoms with Gasteiger partial charge in [-0.1, -0.05) is 17.7 Å². The van der Waals surface area contributed by atoms with E-state index in [-0.39, 0.29) is 66.1 Å². The van der Waals surface area contributed by atoms with Crippen molar-refractivity contribution in [1.82, 2.24) is 20.0 Å². The van der Waals surface area contributed by atoms with Crippen LogP contribution in [-0.4, -0.2) is 52.8 Å². The number of aromatic nitrogens is 2. The third kappa shape index (κ3) is 5.05. The van der Waals surface area contributed by atoms with Crippen LogP contribution in [0.2, 0.25) is 5.02 Å². The molecule has 2 aromatic rings. The van der Waals surface area contributed by atoms with Crippen molar-refractivity contribution in [3.05, 3.63) is 51.6 Å². The quantitative estimate of drug-likeness (QED) is 0.502. The molecule has 3 heterocycles. The number of amides is 1. The summed E-state index contributed by atoms with van der Waals surface area (Å²) >= 11 is 5.77. The van der Waals surface area contributed by atoms with E-state index in [1.165, 1.54) is 24.1 Å². The molecule has 1 amide bonds. The second kappa shape index (κ2) is 9.53. The molecule has 0 saturated carbocycles. The minimum absolute atomic E-state index is 0.00722. The van der Waals surface area contributed by atoms with Crippen LogP contribution in [0.25, 0.3) is 0 Å². The van der Waals surface area contributed by atoms with E-state index in [1.807, 2.05) is 0 Å². The lowest BCUT2D eigenvalue weighted by Gasteiger charge is -2.29. The van der Waals surface area contributed by atoms with Gasteiger partial charge in [0.15, 0.2) is 5.69 Å². The number of benzene rings is 1. The summed E-state index contributed by atoms with van der Waals surface area (Å²) in [5.74, 6) is -1.35. The lowest BCUT2D eigenvalue weighted by atomic mass is 9.99. The summed E-state index contributed by atoms with van der Waals surface area (Å²) in [6.45, 7) is 0.303. The largest absolute Gasteiger partial charge is 0.468 e. The molecule has 2 atom stereocenters. The Morgan fingerprint density at radius 2 is 2.09 bits per heavy atom. The summed E-state index contributed by atoms with van der Waals surface area (Å²) in [4.78, 5) is 26.1. The Bertz CT molecular complexity index is 1100. The summed E-state index contributed by atoms with van der Waals surface area (Å²) < 4.78 is 61.0. The fourth-order valence-electron chi connectivity index (χ4n) is 4.53. The zero-order valence-corrected chi connectivity index (χ0v) is 19.0. The second-order valence-electron chi connectivity index (χ2n) is 8.52. The van der Waals surface area contributed by atoms with Crippen LogP contribution in [-0.2, 0) is 40.0 Å². The number of carbonyl (C=O) groups excluding carboxylic acids is 2. The maximum atomic E-state index is 14.3. The van der Waals surface area contributed by atoms with E-state index in [0.717, 1.165) is 10.7 Å². The average molecular weight is 503 g/mol. The first kappa shape index (κ1) is 24.5. The zero-order valence-electron chi connectivity index (χ0n) is 18.3. The number of nitrogens with one attached hydrogen (secondary N) is 1. The van der Waals surface area contributed by atoms with Gasteiger partial charge in [-0.05, 0) is 37.4 Å². The average Bonchev–Trinajstić information content (AvgIpc) is 3.39. The van der Waals surface area contributed by atoms with Crippen LogP contribution >= 0.6 is 11.6 Å². The molecule has 4 rings (SSSR count). The smallest absolute Gasteiger partial charge is 0.435 e. The summed E-state index contributed by atoms with van der Waals surface area (Å²) in [5.41, 5.74) is -0.611. The predicted molar refractivity (Wildman–Crippen MR) is 113 cm³/mol. The highest BCUT2D eigenvalue weighted by Crippen LogP contribution is 2.36. The molecule has 184 valence electrons. The van der Waals surface area contributed by atoms with Crippen LogP contribution in [0, 0.1) is 11.7 Å². The SMILES string of the molecule is COC(=O)[C@@H]1CC(CC(=O)N2CCc3c(C(F)(F)F)nn(Cc4ccc(Cl)cc4F)c3C2)CN1. The first-order valence-electron chi connectivity index (χ1n) is 10.8. The Kier molecular flexibility index (Phi) is 6.86. The first-order valence-corrected chi connectivity index (χ1v) is 11.1. The van der Waals surface area contributed by atoms with Crippen molar-refractivity contribution in [2.24, 2.45) is 5.92 Å². The molecule has 1 aromatic heterocycles. The van der Waals surface area contributed by atoms with Gasteiger partial charge in [0, 0.05) is 29.1 Å². The molecule has 1 unspecified atom stereocenters. The molecule has 2 aliphatic heterocycles. The number of esters is 1. The molecule has 0 aliphatic carbocycles. The van der Waals surface area contributed by atoms with Gasteiger partial charge in [-0.3, -0.25) is 14.3 Å². The van der Waals surface area contributed by atoms with Crippen molar-refractivity contribution in [2.75, 3.05) is 20.2 Å². The molecule has 1 N–H and O–H groups in total. The summed E-state index contributed by atoms with van der Waals surface area (Å²) in [5, 5.41) is 6.94. The maximum absolute atomic E-state index is 14.3. The van der Waals surface area contributed by atoms with Gasteiger partial charge in [-0.2, -0.15) is 18.3 Å². The number of nitrogens with zero attached hydrogens (tertiary/aromatic N) is 3. The van der Waals surface area contributed by atoms with Crippen molar-refractivity contribution >= 4 is 23.5 Å².